The van der Waals surface area contributed by atoms with Crippen LogP contribution in [0.3, 0.4) is 0 Å². The van der Waals surface area contributed by atoms with E-state index in [4.69, 9.17) is 4.74 Å². The third-order valence-corrected chi connectivity index (χ3v) is 5.71. The van der Waals surface area contributed by atoms with Gasteiger partial charge in [-0.15, -0.1) is 0 Å². The number of aromatic nitrogens is 2. The van der Waals surface area contributed by atoms with Gasteiger partial charge >= 0.3 is 0 Å². The molecule has 2 aliphatic heterocycles. The lowest BCUT2D eigenvalue weighted by atomic mass is 9.91. The van der Waals surface area contributed by atoms with E-state index in [2.05, 4.69) is 36.1 Å². The highest BCUT2D eigenvalue weighted by Gasteiger charge is 2.33. The number of hydrogen-bond donors (Lipinski definition) is 1. The molecule has 0 spiro atoms. The van der Waals surface area contributed by atoms with Crippen molar-refractivity contribution in [2.45, 2.75) is 33.2 Å². The van der Waals surface area contributed by atoms with Gasteiger partial charge in [0.1, 0.15) is 12.4 Å². The lowest BCUT2D eigenvalue weighted by Gasteiger charge is -2.41. The number of hydrogen-bond acceptors (Lipinski definition) is 5. The highest BCUT2D eigenvalue weighted by atomic mass is 16.5. The fraction of sp³-hybridized carbons (Fsp3) is 0.522. The number of nitrogens with one attached hydrogen (secondary N) is 1. The van der Waals surface area contributed by atoms with Crippen LogP contribution in [-0.2, 0) is 16.6 Å². The molecule has 0 aliphatic carbocycles. The summed E-state index contributed by atoms with van der Waals surface area (Å²) in [6, 6.07) is 5.76. The van der Waals surface area contributed by atoms with Gasteiger partial charge in [-0.05, 0) is 23.1 Å². The van der Waals surface area contributed by atoms with E-state index >= 15 is 0 Å². The summed E-state index contributed by atoms with van der Waals surface area (Å²) in [5, 5.41) is 7.22. The summed E-state index contributed by atoms with van der Waals surface area (Å²) < 4.78 is 7.88. The number of nitrogens with zero attached hydrogens (tertiary/aromatic N) is 4. The number of anilines is 1. The zero-order valence-electron chi connectivity index (χ0n) is 18.7. The van der Waals surface area contributed by atoms with Crippen LogP contribution in [0.2, 0.25) is 0 Å². The Morgan fingerprint density at radius 2 is 2.06 bits per heavy atom. The van der Waals surface area contributed by atoms with Gasteiger partial charge in [0.2, 0.25) is 11.8 Å². The van der Waals surface area contributed by atoms with E-state index in [1.807, 2.05) is 36.3 Å². The lowest BCUT2D eigenvalue weighted by Crippen LogP contribution is -2.58. The van der Waals surface area contributed by atoms with Gasteiger partial charge in [-0.3, -0.25) is 19.2 Å². The summed E-state index contributed by atoms with van der Waals surface area (Å²) in [6.07, 6.45) is 4.24. The fourth-order valence-electron chi connectivity index (χ4n) is 4.11. The first-order chi connectivity index (χ1) is 14.7. The van der Waals surface area contributed by atoms with Gasteiger partial charge in [0.15, 0.2) is 0 Å². The first kappa shape index (κ1) is 21.4. The van der Waals surface area contributed by atoms with E-state index < -0.39 is 0 Å². The molecule has 1 N–H and O–H groups in total. The molecule has 4 rings (SSSR count). The van der Waals surface area contributed by atoms with Crippen molar-refractivity contribution in [1.82, 2.24) is 19.6 Å². The molecule has 2 aliphatic rings. The number of carbonyl (C=O) groups is 2. The van der Waals surface area contributed by atoms with Gasteiger partial charge in [-0.1, -0.05) is 26.8 Å². The maximum Gasteiger partial charge on any atom is 0.238 e. The van der Waals surface area contributed by atoms with E-state index in [0.29, 0.717) is 44.1 Å². The van der Waals surface area contributed by atoms with Crippen molar-refractivity contribution in [1.29, 1.82) is 0 Å². The third-order valence-electron chi connectivity index (χ3n) is 5.71. The van der Waals surface area contributed by atoms with Crippen molar-refractivity contribution >= 4 is 17.5 Å². The maximum atomic E-state index is 12.8. The van der Waals surface area contributed by atoms with E-state index in [9.17, 15) is 9.59 Å². The Labute approximate surface area is 183 Å². The maximum absolute atomic E-state index is 12.8. The van der Waals surface area contributed by atoms with Gasteiger partial charge in [0, 0.05) is 44.9 Å². The lowest BCUT2D eigenvalue weighted by molar-refractivity contribution is -0.136. The van der Waals surface area contributed by atoms with Gasteiger partial charge in [0.25, 0.3) is 0 Å². The quantitative estimate of drug-likeness (QED) is 0.799. The number of piperazine rings is 1. The van der Waals surface area contributed by atoms with Crippen LogP contribution in [0, 0.1) is 5.41 Å². The Balaban J connectivity index is 1.52. The highest BCUT2D eigenvalue weighted by molar-refractivity contribution is 5.94. The van der Waals surface area contributed by atoms with Crippen LogP contribution < -0.4 is 10.1 Å². The van der Waals surface area contributed by atoms with Crippen molar-refractivity contribution in [2.75, 3.05) is 38.1 Å². The standard InChI is InChI=1S/C23H31N5O3/c1-23(2,3)10-22(30)28-8-7-27-14-21(29)25-19-9-16(17-11-24-26(4)12-17)5-6-20(19)31-15-18(27)13-28/h5-6,9,11-12,18H,7-8,10,13-15H2,1-4H3,(H,25,29)/t18-/m0/s1. The molecule has 1 fully saturated rings. The summed E-state index contributed by atoms with van der Waals surface area (Å²) in [7, 11) is 1.87. The molecule has 1 atom stereocenters. The average molecular weight is 426 g/mol. The first-order valence-corrected chi connectivity index (χ1v) is 10.8. The minimum atomic E-state index is -0.0745. The van der Waals surface area contributed by atoms with Crippen LogP contribution in [0.1, 0.15) is 27.2 Å². The summed E-state index contributed by atoms with van der Waals surface area (Å²) >= 11 is 0. The van der Waals surface area contributed by atoms with Gasteiger partial charge in [-0.2, -0.15) is 5.10 Å². The Morgan fingerprint density at radius 3 is 2.77 bits per heavy atom. The Kier molecular flexibility index (Phi) is 5.75. The summed E-state index contributed by atoms with van der Waals surface area (Å²) in [4.78, 5) is 29.5. The number of benzene rings is 1. The second kappa shape index (κ2) is 8.34. The molecule has 1 saturated heterocycles. The van der Waals surface area contributed by atoms with E-state index in [1.54, 1.807) is 10.9 Å². The molecule has 1 aromatic carbocycles. The number of rotatable bonds is 2. The van der Waals surface area contributed by atoms with E-state index in [0.717, 1.165) is 11.1 Å². The molecule has 0 radical (unpaired) electrons. The molecule has 8 heteroatoms. The molecule has 31 heavy (non-hydrogen) atoms. The number of ether oxygens (including phenoxy) is 1. The molecule has 0 unspecified atom stereocenters. The molecular formula is C23H31N5O3. The normalized spacial score (nSPS) is 19.9. The minimum Gasteiger partial charge on any atom is -0.490 e. The molecule has 3 heterocycles. The van der Waals surface area contributed by atoms with E-state index in [-0.39, 0.29) is 29.8 Å². The molecule has 166 valence electrons. The van der Waals surface area contributed by atoms with Crippen molar-refractivity contribution in [3.63, 3.8) is 0 Å². The van der Waals surface area contributed by atoms with E-state index in [1.165, 1.54) is 0 Å². The van der Waals surface area contributed by atoms with Crippen LogP contribution in [0.4, 0.5) is 5.69 Å². The molecule has 0 saturated carbocycles. The van der Waals surface area contributed by atoms with Crippen molar-refractivity contribution < 1.29 is 14.3 Å². The van der Waals surface area contributed by atoms with Crippen molar-refractivity contribution in [3.05, 3.63) is 30.6 Å². The highest BCUT2D eigenvalue weighted by Crippen LogP contribution is 2.32. The SMILES string of the molecule is Cn1cc(-c2ccc3c(c2)NC(=O)CN2CCN(C(=O)CC(C)(C)C)C[C@H]2CO3)cn1. The Hall–Kier alpha value is -2.87. The monoisotopic (exact) mass is 425 g/mol. The zero-order chi connectivity index (χ0) is 22.2. The number of fused-ring (bicyclic) bond motifs is 2. The minimum absolute atomic E-state index is 0.0210. The molecule has 1 aromatic heterocycles. The molecular weight excluding hydrogens is 394 g/mol. The summed E-state index contributed by atoms with van der Waals surface area (Å²) in [5.74, 6) is 0.730. The smallest absolute Gasteiger partial charge is 0.238 e. The number of amides is 2. The molecule has 2 amide bonds. The van der Waals surface area contributed by atoms with Crippen molar-refractivity contribution in [3.8, 4) is 16.9 Å². The molecule has 2 aromatic rings. The van der Waals surface area contributed by atoms with Crippen LogP contribution in [0.5, 0.6) is 5.75 Å². The Bertz CT molecular complexity index is 978. The van der Waals surface area contributed by atoms with Crippen LogP contribution in [0.15, 0.2) is 30.6 Å². The Morgan fingerprint density at radius 1 is 1.26 bits per heavy atom. The van der Waals surface area contributed by atoms with Crippen LogP contribution in [-0.4, -0.2) is 70.2 Å². The molecule has 0 bridgehead atoms. The number of carbonyl (C=O) groups excluding carboxylic acids is 2. The largest absolute Gasteiger partial charge is 0.490 e. The third kappa shape index (κ3) is 5.07. The molecule has 8 nitrogen and oxygen atoms in total. The summed E-state index contributed by atoms with van der Waals surface area (Å²) in [5.41, 5.74) is 2.55. The van der Waals surface area contributed by atoms with Crippen LogP contribution >= 0.6 is 0 Å². The van der Waals surface area contributed by atoms with Crippen LogP contribution in [0.25, 0.3) is 11.1 Å². The predicted octanol–water partition coefficient (Wildman–Crippen LogP) is 2.37. The average Bonchev–Trinajstić information content (AvgIpc) is 3.14. The van der Waals surface area contributed by atoms with Gasteiger partial charge < -0.3 is 15.0 Å². The second-order valence-corrected chi connectivity index (χ2v) is 9.67. The van der Waals surface area contributed by atoms with Gasteiger partial charge in [0.05, 0.1) is 24.5 Å². The van der Waals surface area contributed by atoms with Crippen molar-refractivity contribution in [2.24, 2.45) is 12.5 Å². The van der Waals surface area contributed by atoms with Gasteiger partial charge in [-0.25, -0.2) is 0 Å². The fourth-order valence-corrected chi connectivity index (χ4v) is 4.11. The number of aryl methyl sites for hydroxylation is 1. The topological polar surface area (TPSA) is 79.7 Å². The summed E-state index contributed by atoms with van der Waals surface area (Å²) in [6.45, 7) is 8.80. The predicted molar refractivity (Wildman–Crippen MR) is 119 cm³/mol. The second-order valence-electron chi connectivity index (χ2n) is 9.67. The zero-order valence-corrected chi connectivity index (χ0v) is 18.7. The first-order valence-electron chi connectivity index (χ1n) is 10.8.